The molecule has 0 aromatic carbocycles. The number of fused-ring (bicyclic) bond motifs is 5. The smallest absolute Gasteiger partial charge is 0.151 e. The average molecular weight is 464 g/mol. The number of nitrogens with one attached hydrogen (secondary N) is 2. The highest BCUT2D eigenvalue weighted by Gasteiger charge is 2.29. The van der Waals surface area contributed by atoms with Crippen molar-refractivity contribution in [2.75, 3.05) is 35.2 Å². The number of aliphatic hydroxyl groups excluding tert-OH is 1. The Hall–Kier alpha value is -1.76. The molecular formula is C23H31Cl2N5O. The molecule has 168 valence electrons. The lowest BCUT2D eigenvalue weighted by Gasteiger charge is -2.41. The molecule has 0 spiro atoms. The first-order valence-corrected chi connectivity index (χ1v) is 11.9. The fraction of sp³-hybridized carbons (Fsp3) is 0.565. The lowest BCUT2D eigenvalue weighted by molar-refractivity contribution is 0.279. The maximum absolute atomic E-state index is 8.82. The second-order valence-corrected chi connectivity index (χ2v) is 9.50. The van der Waals surface area contributed by atoms with Crippen LogP contribution in [0.1, 0.15) is 48.8 Å². The molecule has 3 aliphatic rings. The van der Waals surface area contributed by atoms with Crippen molar-refractivity contribution in [3.05, 3.63) is 39.1 Å². The number of aromatic nitrogens is 2. The van der Waals surface area contributed by atoms with Crippen molar-refractivity contribution in [3.8, 4) is 0 Å². The van der Waals surface area contributed by atoms with E-state index in [1.54, 1.807) is 0 Å². The second kappa shape index (κ2) is 9.80. The van der Waals surface area contributed by atoms with Gasteiger partial charge in [-0.3, -0.25) is 0 Å². The molecular weight excluding hydrogens is 433 g/mol. The monoisotopic (exact) mass is 463 g/mol. The van der Waals surface area contributed by atoms with Gasteiger partial charge >= 0.3 is 0 Å². The highest BCUT2D eigenvalue weighted by atomic mass is 35.5. The number of piperidine rings is 1. The van der Waals surface area contributed by atoms with Crippen LogP contribution in [0, 0.1) is 13.8 Å². The van der Waals surface area contributed by atoms with E-state index in [4.69, 9.17) is 28.3 Å². The first-order chi connectivity index (χ1) is 14.9. The molecule has 0 saturated carbocycles. The van der Waals surface area contributed by atoms with E-state index >= 15 is 0 Å². The van der Waals surface area contributed by atoms with Crippen LogP contribution in [0.4, 0.5) is 17.3 Å². The molecule has 5 heterocycles. The molecule has 0 amide bonds. The highest BCUT2D eigenvalue weighted by Crippen LogP contribution is 2.37. The van der Waals surface area contributed by atoms with E-state index in [0.29, 0.717) is 22.4 Å². The Morgan fingerprint density at radius 3 is 2.58 bits per heavy atom. The third-order valence-electron chi connectivity index (χ3n) is 6.34. The van der Waals surface area contributed by atoms with Crippen molar-refractivity contribution in [1.82, 2.24) is 9.97 Å². The molecule has 1 unspecified atom stereocenters. The summed E-state index contributed by atoms with van der Waals surface area (Å²) < 4.78 is 0. The predicted molar refractivity (Wildman–Crippen MR) is 129 cm³/mol. The van der Waals surface area contributed by atoms with Gasteiger partial charge in [-0.1, -0.05) is 23.2 Å². The molecule has 6 nitrogen and oxygen atoms in total. The SMILES string of the molecule is Cc1cc(Cl)nc2c1CCC(CCCO)N2.Cc1cc(Cl)nc2c1N1CCC[C@@H](C1)N2. The van der Waals surface area contributed by atoms with E-state index in [-0.39, 0.29) is 6.61 Å². The van der Waals surface area contributed by atoms with E-state index in [2.05, 4.69) is 39.3 Å². The fourth-order valence-corrected chi connectivity index (χ4v) is 5.35. The molecule has 8 heteroatoms. The summed E-state index contributed by atoms with van der Waals surface area (Å²) in [6.45, 7) is 6.69. The summed E-state index contributed by atoms with van der Waals surface area (Å²) in [4.78, 5) is 11.1. The average Bonchev–Trinajstić information content (AvgIpc) is 2.71. The van der Waals surface area contributed by atoms with Gasteiger partial charge in [-0.15, -0.1) is 0 Å². The first kappa shape index (κ1) is 22.4. The van der Waals surface area contributed by atoms with Crippen LogP contribution in [-0.2, 0) is 6.42 Å². The van der Waals surface area contributed by atoms with Crippen LogP contribution >= 0.6 is 23.2 Å². The number of hydrogen-bond donors (Lipinski definition) is 3. The van der Waals surface area contributed by atoms with Crippen LogP contribution in [0.3, 0.4) is 0 Å². The van der Waals surface area contributed by atoms with E-state index in [1.807, 2.05) is 12.1 Å². The Kier molecular flexibility index (Phi) is 7.09. The number of halogens is 2. The van der Waals surface area contributed by atoms with Crippen LogP contribution in [0.15, 0.2) is 12.1 Å². The molecule has 2 aromatic heterocycles. The fourth-order valence-electron chi connectivity index (χ4n) is 4.85. The minimum atomic E-state index is 0.257. The van der Waals surface area contributed by atoms with Crippen molar-refractivity contribution in [3.63, 3.8) is 0 Å². The number of aliphatic hydroxyl groups is 1. The van der Waals surface area contributed by atoms with Gasteiger partial charge in [-0.25, -0.2) is 9.97 Å². The van der Waals surface area contributed by atoms with Gasteiger partial charge in [0.05, 0.1) is 5.69 Å². The highest BCUT2D eigenvalue weighted by molar-refractivity contribution is 6.30. The molecule has 5 rings (SSSR count). The number of aryl methyl sites for hydroxylation is 2. The summed E-state index contributed by atoms with van der Waals surface area (Å²) in [5, 5.41) is 16.8. The van der Waals surface area contributed by atoms with Gasteiger partial charge < -0.3 is 20.6 Å². The number of anilines is 3. The molecule has 2 atom stereocenters. The summed E-state index contributed by atoms with van der Waals surface area (Å²) in [7, 11) is 0. The van der Waals surface area contributed by atoms with Gasteiger partial charge in [0.1, 0.15) is 16.1 Å². The Morgan fingerprint density at radius 1 is 1.06 bits per heavy atom. The van der Waals surface area contributed by atoms with Crippen molar-refractivity contribution in [2.24, 2.45) is 0 Å². The maximum atomic E-state index is 8.82. The Bertz CT molecular complexity index is 939. The van der Waals surface area contributed by atoms with Crippen LogP contribution in [0.5, 0.6) is 0 Å². The Balaban J connectivity index is 0.000000149. The molecule has 1 fully saturated rings. The Labute approximate surface area is 194 Å². The van der Waals surface area contributed by atoms with Gasteiger partial charge in [0.15, 0.2) is 5.82 Å². The number of rotatable bonds is 3. The molecule has 0 radical (unpaired) electrons. The van der Waals surface area contributed by atoms with Crippen molar-refractivity contribution in [2.45, 2.75) is 64.5 Å². The molecule has 3 aliphatic heterocycles. The summed E-state index contributed by atoms with van der Waals surface area (Å²) >= 11 is 11.9. The first-order valence-electron chi connectivity index (χ1n) is 11.2. The van der Waals surface area contributed by atoms with Gasteiger partial charge in [0.25, 0.3) is 0 Å². The Morgan fingerprint density at radius 2 is 1.81 bits per heavy atom. The molecule has 31 heavy (non-hydrogen) atoms. The number of pyridine rings is 2. The molecule has 0 aliphatic carbocycles. The zero-order valence-corrected chi connectivity index (χ0v) is 19.7. The van der Waals surface area contributed by atoms with Gasteiger partial charge in [0, 0.05) is 31.8 Å². The molecule has 2 bridgehead atoms. The van der Waals surface area contributed by atoms with Crippen LogP contribution in [0.2, 0.25) is 10.3 Å². The largest absolute Gasteiger partial charge is 0.396 e. The second-order valence-electron chi connectivity index (χ2n) is 8.72. The lowest BCUT2D eigenvalue weighted by atomic mass is 9.95. The lowest BCUT2D eigenvalue weighted by Crippen LogP contribution is -2.46. The quantitative estimate of drug-likeness (QED) is 0.557. The third kappa shape index (κ3) is 5.18. The zero-order valence-electron chi connectivity index (χ0n) is 18.2. The van der Waals surface area contributed by atoms with Crippen LogP contribution in [0.25, 0.3) is 0 Å². The van der Waals surface area contributed by atoms with Crippen molar-refractivity contribution >= 4 is 40.5 Å². The van der Waals surface area contributed by atoms with Crippen molar-refractivity contribution < 1.29 is 5.11 Å². The van der Waals surface area contributed by atoms with Gasteiger partial charge in [-0.2, -0.15) is 0 Å². The molecule has 1 saturated heterocycles. The van der Waals surface area contributed by atoms with Gasteiger partial charge in [-0.05, 0) is 81.2 Å². The van der Waals surface area contributed by atoms with Crippen molar-refractivity contribution in [1.29, 1.82) is 0 Å². The predicted octanol–water partition coefficient (Wildman–Crippen LogP) is 4.98. The summed E-state index contributed by atoms with van der Waals surface area (Å²) in [6, 6.07) is 4.83. The minimum Gasteiger partial charge on any atom is -0.396 e. The minimum absolute atomic E-state index is 0.257. The topological polar surface area (TPSA) is 73.3 Å². The van der Waals surface area contributed by atoms with Gasteiger partial charge in [0.2, 0.25) is 0 Å². The van der Waals surface area contributed by atoms with E-state index < -0.39 is 0 Å². The number of nitrogens with zero attached hydrogens (tertiary/aromatic N) is 3. The normalized spacial score (nSPS) is 21.1. The third-order valence-corrected chi connectivity index (χ3v) is 6.73. The number of hydrogen-bond acceptors (Lipinski definition) is 6. The zero-order chi connectivity index (χ0) is 22.0. The van der Waals surface area contributed by atoms with Crippen LogP contribution < -0.4 is 15.5 Å². The molecule has 3 N–H and O–H groups in total. The maximum Gasteiger partial charge on any atom is 0.151 e. The standard InChI is InChI=1S/C12H17ClN2O.C11H14ClN3/c1-8-7-11(13)15-12-10(8)5-4-9(14-12)3-2-6-16;1-7-5-9(12)14-11-10(7)15-4-2-3-8(6-15)13-11/h7,9,16H,2-6H2,1H3,(H,14,15);5,8H,2-4,6H2,1H3,(H,13,14)/t;8-/m.0/s1. The van der Waals surface area contributed by atoms with Crippen LogP contribution in [-0.4, -0.2) is 46.9 Å². The molecule has 2 aromatic rings. The van der Waals surface area contributed by atoms with E-state index in [9.17, 15) is 0 Å². The van der Waals surface area contributed by atoms with E-state index in [0.717, 1.165) is 50.4 Å². The summed E-state index contributed by atoms with van der Waals surface area (Å²) in [6.07, 6.45) is 6.49. The summed E-state index contributed by atoms with van der Waals surface area (Å²) in [5.74, 6) is 1.90. The van der Waals surface area contributed by atoms with E-state index in [1.165, 1.54) is 35.2 Å². The summed E-state index contributed by atoms with van der Waals surface area (Å²) in [5.41, 5.74) is 4.96.